The summed E-state index contributed by atoms with van der Waals surface area (Å²) in [5, 5.41) is 5.18. The third-order valence-corrected chi connectivity index (χ3v) is 4.07. The Balaban J connectivity index is 1.97. The van der Waals surface area contributed by atoms with Crippen molar-refractivity contribution in [2.24, 2.45) is 0 Å². The standard InChI is InChI=1S/C19H17ClN2O2/c1-13-11-16(24-2)7-8-17(13)18-9-10-19(23)22(21-18)12-14-3-5-15(20)6-4-14/h3-11H,12H2,1-2H3. The number of nitrogens with zero attached hydrogens (tertiary/aromatic N) is 2. The highest BCUT2D eigenvalue weighted by Crippen LogP contribution is 2.24. The second-order valence-corrected chi connectivity index (χ2v) is 5.96. The molecule has 0 aliphatic heterocycles. The Morgan fingerprint density at radius 1 is 1.08 bits per heavy atom. The van der Waals surface area contributed by atoms with E-state index < -0.39 is 0 Å². The van der Waals surface area contributed by atoms with Crippen molar-refractivity contribution in [3.05, 3.63) is 81.1 Å². The lowest BCUT2D eigenvalue weighted by atomic mass is 10.1. The molecule has 0 bridgehead atoms. The fourth-order valence-corrected chi connectivity index (χ4v) is 2.65. The molecule has 0 spiro atoms. The van der Waals surface area contributed by atoms with E-state index in [0.29, 0.717) is 11.6 Å². The average Bonchev–Trinajstić information content (AvgIpc) is 2.59. The van der Waals surface area contributed by atoms with Crippen molar-refractivity contribution in [3.8, 4) is 17.0 Å². The highest BCUT2D eigenvalue weighted by Gasteiger charge is 2.08. The fourth-order valence-electron chi connectivity index (χ4n) is 2.52. The molecule has 24 heavy (non-hydrogen) atoms. The van der Waals surface area contributed by atoms with Gasteiger partial charge in [0, 0.05) is 16.7 Å². The Morgan fingerprint density at radius 2 is 1.83 bits per heavy atom. The number of rotatable bonds is 4. The summed E-state index contributed by atoms with van der Waals surface area (Å²) in [7, 11) is 1.64. The van der Waals surface area contributed by atoms with Gasteiger partial charge in [-0.05, 0) is 54.4 Å². The van der Waals surface area contributed by atoms with Gasteiger partial charge in [-0.15, -0.1) is 0 Å². The SMILES string of the molecule is COc1ccc(-c2ccc(=O)n(Cc3ccc(Cl)cc3)n2)c(C)c1. The van der Waals surface area contributed by atoms with E-state index in [-0.39, 0.29) is 5.56 Å². The molecule has 0 N–H and O–H groups in total. The number of methoxy groups -OCH3 is 1. The van der Waals surface area contributed by atoms with E-state index in [1.54, 1.807) is 31.4 Å². The van der Waals surface area contributed by atoms with E-state index >= 15 is 0 Å². The molecule has 3 aromatic rings. The number of aryl methyl sites for hydroxylation is 1. The van der Waals surface area contributed by atoms with Crippen LogP contribution in [0.15, 0.2) is 59.4 Å². The third kappa shape index (κ3) is 3.49. The van der Waals surface area contributed by atoms with Crippen LogP contribution in [0.1, 0.15) is 11.1 Å². The summed E-state index contributed by atoms with van der Waals surface area (Å²) in [6, 6.07) is 16.5. The van der Waals surface area contributed by atoms with Crippen LogP contribution in [0.5, 0.6) is 5.75 Å². The van der Waals surface area contributed by atoms with Gasteiger partial charge in [-0.25, -0.2) is 4.68 Å². The number of ether oxygens (including phenoxy) is 1. The van der Waals surface area contributed by atoms with Crippen molar-refractivity contribution in [2.75, 3.05) is 7.11 Å². The first kappa shape index (κ1) is 16.3. The Hall–Kier alpha value is -2.59. The van der Waals surface area contributed by atoms with Gasteiger partial charge in [0.15, 0.2) is 0 Å². The Bertz CT molecular complexity index is 917. The van der Waals surface area contributed by atoms with Crippen molar-refractivity contribution in [1.29, 1.82) is 0 Å². The van der Waals surface area contributed by atoms with Crippen LogP contribution in [0.4, 0.5) is 0 Å². The minimum atomic E-state index is -0.139. The zero-order valence-electron chi connectivity index (χ0n) is 13.5. The van der Waals surface area contributed by atoms with Crippen LogP contribution in [0.2, 0.25) is 5.02 Å². The molecule has 0 radical (unpaired) electrons. The van der Waals surface area contributed by atoms with Crippen LogP contribution in [-0.2, 0) is 6.54 Å². The molecule has 4 nitrogen and oxygen atoms in total. The van der Waals surface area contributed by atoms with Gasteiger partial charge in [-0.3, -0.25) is 4.79 Å². The molecule has 122 valence electrons. The van der Waals surface area contributed by atoms with Gasteiger partial charge in [0.25, 0.3) is 5.56 Å². The first-order chi connectivity index (χ1) is 11.6. The maximum absolute atomic E-state index is 12.1. The van der Waals surface area contributed by atoms with Crippen LogP contribution < -0.4 is 10.3 Å². The first-order valence-electron chi connectivity index (χ1n) is 7.54. The van der Waals surface area contributed by atoms with Gasteiger partial charge in [0.1, 0.15) is 5.75 Å². The molecule has 1 heterocycles. The summed E-state index contributed by atoms with van der Waals surface area (Å²) in [6.07, 6.45) is 0. The van der Waals surface area contributed by atoms with E-state index in [1.807, 2.05) is 37.3 Å². The van der Waals surface area contributed by atoms with E-state index in [4.69, 9.17) is 16.3 Å². The third-order valence-electron chi connectivity index (χ3n) is 3.82. The summed E-state index contributed by atoms with van der Waals surface area (Å²) in [6.45, 7) is 2.40. The topological polar surface area (TPSA) is 44.1 Å². The van der Waals surface area contributed by atoms with E-state index in [2.05, 4.69) is 5.10 Å². The lowest BCUT2D eigenvalue weighted by Gasteiger charge is -2.10. The largest absolute Gasteiger partial charge is 0.497 e. The molecule has 1 aromatic heterocycles. The summed E-state index contributed by atoms with van der Waals surface area (Å²) < 4.78 is 6.69. The highest BCUT2D eigenvalue weighted by molar-refractivity contribution is 6.30. The number of hydrogen-bond donors (Lipinski definition) is 0. The van der Waals surface area contributed by atoms with Crippen molar-refractivity contribution in [2.45, 2.75) is 13.5 Å². The predicted molar refractivity (Wildman–Crippen MR) is 95.8 cm³/mol. The van der Waals surface area contributed by atoms with Gasteiger partial charge >= 0.3 is 0 Å². The molecule has 0 unspecified atom stereocenters. The Morgan fingerprint density at radius 3 is 2.50 bits per heavy atom. The van der Waals surface area contributed by atoms with Crippen LogP contribution >= 0.6 is 11.6 Å². The summed E-state index contributed by atoms with van der Waals surface area (Å²) in [5.74, 6) is 0.797. The number of hydrogen-bond acceptors (Lipinski definition) is 3. The van der Waals surface area contributed by atoms with Crippen LogP contribution in [0.25, 0.3) is 11.3 Å². The molecule has 5 heteroatoms. The quantitative estimate of drug-likeness (QED) is 0.722. The van der Waals surface area contributed by atoms with Crippen LogP contribution in [0.3, 0.4) is 0 Å². The van der Waals surface area contributed by atoms with Crippen molar-refractivity contribution in [1.82, 2.24) is 9.78 Å². The lowest BCUT2D eigenvalue weighted by Crippen LogP contribution is -2.22. The molecule has 0 saturated carbocycles. The predicted octanol–water partition coefficient (Wildman–Crippen LogP) is 3.93. The average molecular weight is 341 g/mol. The zero-order valence-corrected chi connectivity index (χ0v) is 14.2. The zero-order chi connectivity index (χ0) is 17.1. The minimum Gasteiger partial charge on any atom is -0.497 e. The summed E-state index contributed by atoms with van der Waals surface area (Å²) in [5.41, 5.74) is 3.60. The monoisotopic (exact) mass is 340 g/mol. The van der Waals surface area contributed by atoms with E-state index in [0.717, 1.165) is 28.1 Å². The molecule has 0 atom stereocenters. The summed E-state index contributed by atoms with van der Waals surface area (Å²) >= 11 is 5.90. The second kappa shape index (κ2) is 6.89. The molecule has 0 aliphatic rings. The van der Waals surface area contributed by atoms with Gasteiger partial charge in [0.05, 0.1) is 19.3 Å². The lowest BCUT2D eigenvalue weighted by molar-refractivity contribution is 0.414. The first-order valence-corrected chi connectivity index (χ1v) is 7.92. The molecule has 0 aliphatic carbocycles. The highest BCUT2D eigenvalue weighted by atomic mass is 35.5. The van der Waals surface area contributed by atoms with Gasteiger partial charge in [0.2, 0.25) is 0 Å². The fraction of sp³-hybridized carbons (Fsp3) is 0.158. The molecule has 0 saturated heterocycles. The van der Waals surface area contributed by atoms with Gasteiger partial charge in [-0.2, -0.15) is 5.10 Å². The molecule has 3 rings (SSSR count). The molecular formula is C19H17ClN2O2. The van der Waals surface area contributed by atoms with Crippen molar-refractivity contribution >= 4 is 11.6 Å². The molecular weight excluding hydrogens is 324 g/mol. The smallest absolute Gasteiger partial charge is 0.267 e. The van der Waals surface area contributed by atoms with Crippen LogP contribution in [-0.4, -0.2) is 16.9 Å². The second-order valence-electron chi connectivity index (χ2n) is 5.52. The Labute approximate surface area is 145 Å². The molecule has 2 aromatic carbocycles. The van der Waals surface area contributed by atoms with Gasteiger partial charge < -0.3 is 4.74 Å². The molecule has 0 fully saturated rings. The van der Waals surface area contributed by atoms with Crippen molar-refractivity contribution < 1.29 is 4.74 Å². The number of aromatic nitrogens is 2. The normalized spacial score (nSPS) is 10.6. The van der Waals surface area contributed by atoms with E-state index in [9.17, 15) is 4.79 Å². The number of halogens is 1. The maximum Gasteiger partial charge on any atom is 0.267 e. The van der Waals surface area contributed by atoms with Crippen molar-refractivity contribution in [3.63, 3.8) is 0 Å². The molecule has 0 amide bonds. The number of benzene rings is 2. The summed E-state index contributed by atoms with van der Waals surface area (Å²) in [4.78, 5) is 12.1. The van der Waals surface area contributed by atoms with E-state index in [1.165, 1.54) is 4.68 Å². The van der Waals surface area contributed by atoms with Crippen LogP contribution in [0, 0.1) is 6.92 Å². The minimum absolute atomic E-state index is 0.139. The Kier molecular flexibility index (Phi) is 4.67. The van der Waals surface area contributed by atoms with Gasteiger partial charge in [-0.1, -0.05) is 23.7 Å². The maximum atomic E-state index is 12.1.